The molecule has 0 spiro atoms. The molecule has 18 heavy (non-hydrogen) atoms. The molecule has 1 rings (SSSR count). The summed E-state index contributed by atoms with van der Waals surface area (Å²) in [6.45, 7) is 1.38. The number of nitrogens with two attached hydrogens (primary N) is 1. The maximum absolute atomic E-state index is 13.2. The van der Waals surface area contributed by atoms with Gasteiger partial charge in [-0.2, -0.15) is 4.72 Å². The molecule has 0 aliphatic rings. The number of benzene rings is 1. The summed E-state index contributed by atoms with van der Waals surface area (Å²) >= 11 is 0. The summed E-state index contributed by atoms with van der Waals surface area (Å²) in [5.74, 6) is -1.32. The van der Waals surface area contributed by atoms with Gasteiger partial charge in [0.15, 0.2) is 0 Å². The Morgan fingerprint density at radius 3 is 2.56 bits per heavy atom. The number of likely N-dealkylation sites (N-methyl/N-ethyl adjacent to an activating group) is 1. The maximum atomic E-state index is 13.2. The number of carbonyl (C=O) groups excluding carboxylic acids is 1. The minimum atomic E-state index is -3.96. The van der Waals surface area contributed by atoms with Crippen LogP contribution in [0.2, 0.25) is 0 Å². The van der Waals surface area contributed by atoms with Gasteiger partial charge in [-0.1, -0.05) is 0 Å². The quantitative estimate of drug-likeness (QED) is 0.663. The molecule has 1 amide bonds. The van der Waals surface area contributed by atoms with E-state index in [1.807, 2.05) is 0 Å². The summed E-state index contributed by atoms with van der Waals surface area (Å²) in [4.78, 5) is 10.9. The van der Waals surface area contributed by atoms with Gasteiger partial charge in [-0.05, 0) is 25.1 Å². The highest BCUT2D eigenvalue weighted by atomic mass is 32.2. The monoisotopic (exact) mass is 275 g/mol. The van der Waals surface area contributed by atoms with E-state index in [4.69, 9.17) is 5.73 Å². The molecule has 0 radical (unpaired) electrons. The third-order valence-corrected chi connectivity index (χ3v) is 3.79. The second kappa shape index (κ2) is 5.32. The smallest absolute Gasteiger partial charge is 0.241 e. The average Bonchev–Trinajstić information content (AvgIpc) is 2.30. The van der Waals surface area contributed by atoms with Crippen LogP contribution in [0.1, 0.15) is 6.92 Å². The van der Waals surface area contributed by atoms with E-state index in [0.29, 0.717) is 0 Å². The number of sulfonamides is 1. The number of anilines is 1. The fraction of sp³-hybridized carbons (Fsp3) is 0.300. The molecule has 4 N–H and O–H groups in total. The highest BCUT2D eigenvalue weighted by Crippen LogP contribution is 2.16. The van der Waals surface area contributed by atoms with Gasteiger partial charge < -0.3 is 11.1 Å². The first-order chi connectivity index (χ1) is 8.27. The Kier molecular flexibility index (Phi) is 4.25. The molecule has 100 valence electrons. The lowest BCUT2D eigenvalue weighted by Gasteiger charge is -2.13. The number of nitrogen functional groups attached to an aromatic ring is 1. The van der Waals surface area contributed by atoms with Crippen molar-refractivity contribution in [1.82, 2.24) is 10.0 Å². The van der Waals surface area contributed by atoms with Gasteiger partial charge in [-0.25, -0.2) is 12.8 Å². The first kappa shape index (κ1) is 14.4. The van der Waals surface area contributed by atoms with E-state index in [-0.39, 0.29) is 10.6 Å². The van der Waals surface area contributed by atoms with Crippen LogP contribution in [0.5, 0.6) is 0 Å². The van der Waals surface area contributed by atoms with Gasteiger partial charge in [0.25, 0.3) is 0 Å². The van der Waals surface area contributed by atoms with Crippen molar-refractivity contribution in [2.24, 2.45) is 0 Å². The predicted octanol–water partition coefficient (Wildman–Crippen LogP) is -0.179. The molecule has 1 aromatic carbocycles. The van der Waals surface area contributed by atoms with Gasteiger partial charge >= 0.3 is 0 Å². The van der Waals surface area contributed by atoms with Gasteiger partial charge in [0.2, 0.25) is 15.9 Å². The van der Waals surface area contributed by atoms with Gasteiger partial charge in [0, 0.05) is 7.05 Å². The van der Waals surface area contributed by atoms with Crippen LogP contribution in [0.25, 0.3) is 0 Å². The first-order valence-electron chi connectivity index (χ1n) is 5.07. The number of carbonyl (C=O) groups is 1. The second-order valence-corrected chi connectivity index (χ2v) is 5.35. The van der Waals surface area contributed by atoms with Crippen molar-refractivity contribution >= 4 is 21.6 Å². The topological polar surface area (TPSA) is 101 Å². The standard InChI is InChI=1S/C10H14FN3O3S/c1-6(10(15)13-2)14-18(16,17)7-3-4-9(12)8(11)5-7/h3-6,14H,12H2,1-2H3,(H,13,15). The fourth-order valence-corrected chi connectivity index (χ4v) is 2.46. The molecule has 0 aliphatic carbocycles. The van der Waals surface area contributed by atoms with Crippen LogP contribution in [0, 0.1) is 5.82 Å². The number of rotatable bonds is 4. The van der Waals surface area contributed by atoms with Crippen molar-refractivity contribution in [3.63, 3.8) is 0 Å². The first-order valence-corrected chi connectivity index (χ1v) is 6.55. The van der Waals surface area contributed by atoms with E-state index < -0.39 is 27.8 Å². The van der Waals surface area contributed by atoms with Crippen LogP contribution in [0.3, 0.4) is 0 Å². The number of hydrogen-bond acceptors (Lipinski definition) is 4. The molecule has 0 saturated carbocycles. The largest absolute Gasteiger partial charge is 0.396 e. The van der Waals surface area contributed by atoms with E-state index in [0.717, 1.165) is 18.2 Å². The highest BCUT2D eigenvalue weighted by molar-refractivity contribution is 7.89. The Balaban J connectivity index is 3.00. The van der Waals surface area contributed by atoms with E-state index in [2.05, 4.69) is 10.0 Å². The predicted molar refractivity (Wildman–Crippen MR) is 64.7 cm³/mol. The average molecular weight is 275 g/mol. The van der Waals surface area contributed by atoms with Crippen LogP contribution >= 0.6 is 0 Å². The van der Waals surface area contributed by atoms with Crippen LogP contribution in [0.15, 0.2) is 23.1 Å². The number of nitrogens with one attached hydrogen (secondary N) is 2. The van der Waals surface area contributed by atoms with E-state index in [1.165, 1.54) is 14.0 Å². The molecule has 0 aliphatic heterocycles. The summed E-state index contributed by atoms with van der Waals surface area (Å²) in [6, 6.07) is 2.15. The lowest BCUT2D eigenvalue weighted by Crippen LogP contribution is -2.43. The Labute approximate surface area is 104 Å². The zero-order valence-corrected chi connectivity index (χ0v) is 10.7. The number of hydrogen-bond donors (Lipinski definition) is 3. The summed E-state index contributed by atoms with van der Waals surface area (Å²) in [6.07, 6.45) is 0. The fourth-order valence-electron chi connectivity index (χ4n) is 1.25. The van der Waals surface area contributed by atoms with E-state index >= 15 is 0 Å². The molecule has 0 bridgehead atoms. The van der Waals surface area contributed by atoms with Crippen molar-refractivity contribution in [3.05, 3.63) is 24.0 Å². The Hall–Kier alpha value is -1.67. The maximum Gasteiger partial charge on any atom is 0.241 e. The molecule has 0 heterocycles. The molecule has 0 fully saturated rings. The molecular weight excluding hydrogens is 261 g/mol. The molecular formula is C10H14FN3O3S. The van der Waals surface area contributed by atoms with Crippen molar-refractivity contribution < 1.29 is 17.6 Å². The van der Waals surface area contributed by atoms with Crippen molar-refractivity contribution in [1.29, 1.82) is 0 Å². The number of amides is 1. The Morgan fingerprint density at radius 1 is 1.44 bits per heavy atom. The van der Waals surface area contributed by atoms with Crippen molar-refractivity contribution in [2.45, 2.75) is 17.9 Å². The molecule has 0 saturated heterocycles. The summed E-state index contributed by atoms with van der Waals surface area (Å²) < 4.78 is 39.0. The van der Waals surface area contributed by atoms with Gasteiger partial charge in [0.1, 0.15) is 5.82 Å². The second-order valence-electron chi connectivity index (χ2n) is 3.64. The van der Waals surface area contributed by atoms with Crippen LogP contribution in [-0.4, -0.2) is 27.4 Å². The zero-order valence-electron chi connectivity index (χ0n) is 9.90. The van der Waals surface area contributed by atoms with Crippen LogP contribution < -0.4 is 15.8 Å². The molecule has 1 unspecified atom stereocenters. The Morgan fingerprint density at radius 2 is 2.06 bits per heavy atom. The lowest BCUT2D eigenvalue weighted by atomic mass is 10.3. The normalized spacial score (nSPS) is 13.1. The van der Waals surface area contributed by atoms with E-state index in [9.17, 15) is 17.6 Å². The van der Waals surface area contributed by atoms with Gasteiger partial charge in [-0.3, -0.25) is 4.79 Å². The third-order valence-electron chi connectivity index (χ3n) is 2.25. The van der Waals surface area contributed by atoms with Gasteiger partial charge in [0.05, 0.1) is 16.6 Å². The molecule has 8 heteroatoms. The van der Waals surface area contributed by atoms with Gasteiger partial charge in [-0.15, -0.1) is 0 Å². The summed E-state index contributed by atoms with van der Waals surface area (Å²) in [5, 5.41) is 2.30. The van der Waals surface area contributed by atoms with E-state index in [1.54, 1.807) is 0 Å². The van der Waals surface area contributed by atoms with Crippen LogP contribution in [-0.2, 0) is 14.8 Å². The van der Waals surface area contributed by atoms with Crippen molar-refractivity contribution in [3.8, 4) is 0 Å². The zero-order chi connectivity index (χ0) is 13.9. The molecule has 1 aromatic rings. The lowest BCUT2D eigenvalue weighted by molar-refractivity contribution is -0.121. The van der Waals surface area contributed by atoms with Crippen LogP contribution in [0.4, 0.5) is 10.1 Å². The Bertz CT molecular complexity index is 559. The SMILES string of the molecule is CNC(=O)C(C)NS(=O)(=O)c1ccc(N)c(F)c1. The highest BCUT2D eigenvalue weighted by Gasteiger charge is 2.21. The van der Waals surface area contributed by atoms with Crippen molar-refractivity contribution in [2.75, 3.05) is 12.8 Å². The number of halogens is 1. The molecule has 1 atom stereocenters. The molecule has 0 aromatic heterocycles. The molecule has 6 nitrogen and oxygen atoms in total. The minimum absolute atomic E-state index is 0.145. The minimum Gasteiger partial charge on any atom is -0.396 e. The third kappa shape index (κ3) is 3.17. The summed E-state index contributed by atoms with van der Waals surface area (Å²) in [5.41, 5.74) is 5.10. The summed E-state index contributed by atoms with van der Waals surface area (Å²) in [7, 11) is -2.58.